The number of hydrogen-bond acceptors (Lipinski definition) is 5. The number of hydrazone groups is 1. The lowest BCUT2D eigenvalue weighted by Crippen LogP contribution is -2.42. The number of morpholine rings is 1. The van der Waals surface area contributed by atoms with Crippen molar-refractivity contribution in [2.45, 2.75) is 0 Å². The van der Waals surface area contributed by atoms with Crippen LogP contribution in [0.3, 0.4) is 0 Å². The molecule has 1 aromatic carbocycles. The SMILES string of the molecule is C=CCNC(=S)N/N=C/c1ccc(OCC(=O)N2CCOCC2)cc1. The number of benzene rings is 1. The fraction of sp³-hybridized carbons (Fsp3) is 0.353. The van der Waals surface area contributed by atoms with E-state index in [1.807, 2.05) is 12.1 Å². The van der Waals surface area contributed by atoms with E-state index in [1.54, 1.807) is 29.3 Å². The Kier molecular flexibility index (Phi) is 7.87. The first-order valence-electron chi connectivity index (χ1n) is 7.95. The molecule has 1 amide bonds. The van der Waals surface area contributed by atoms with Gasteiger partial charge in [-0.2, -0.15) is 5.10 Å². The molecule has 2 rings (SSSR count). The molecule has 2 N–H and O–H groups in total. The zero-order chi connectivity index (χ0) is 17.9. The normalized spacial score (nSPS) is 14.2. The summed E-state index contributed by atoms with van der Waals surface area (Å²) in [7, 11) is 0. The van der Waals surface area contributed by atoms with Gasteiger partial charge in [0.2, 0.25) is 0 Å². The van der Waals surface area contributed by atoms with Crippen LogP contribution in [0.25, 0.3) is 0 Å². The summed E-state index contributed by atoms with van der Waals surface area (Å²) >= 11 is 5.02. The van der Waals surface area contributed by atoms with Crippen molar-refractivity contribution < 1.29 is 14.3 Å². The Morgan fingerprint density at radius 2 is 2.08 bits per heavy atom. The summed E-state index contributed by atoms with van der Waals surface area (Å²) in [5.41, 5.74) is 3.59. The minimum absolute atomic E-state index is 0.0260. The molecular weight excluding hydrogens is 340 g/mol. The number of ether oxygens (including phenoxy) is 2. The number of carbonyl (C=O) groups is 1. The Labute approximate surface area is 152 Å². The zero-order valence-corrected chi connectivity index (χ0v) is 14.8. The standard InChI is InChI=1S/C17H22N4O3S/c1-2-7-18-17(25)20-19-12-14-3-5-15(6-4-14)24-13-16(22)21-8-10-23-11-9-21/h2-6,12H,1,7-11,13H2,(H2,18,20,25)/b19-12+. The second-order valence-corrected chi connectivity index (χ2v) is 5.63. The number of carbonyl (C=O) groups excluding carboxylic acids is 1. The quantitative estimate of drug-likeness (QED) is 0.325. The molecule has 1 saturated heterocycles. The summed E-state index contributed by atoms with van der Waals surface area (Å²) < 4.78 is 10.8. The van der Waals surface area contributed by atoms with Gasteiger partial charge in [-0.25, -0.2) is 0 Å². The molecule has 0 bridgehead atoms. The molecule has 1 heterocycles. The van der Waals surface area contributed by atoms with Crippen LogP contribution >= 0.6 is 12.2 Å². The Morgan fingerprint density at radius 1 is 1.36 bits per heavy atom. The zero-order valence-electron chi connectivity index (χ0n) is 13.9. The van der Waals surface area contributed by atoms with E-state index in [-0.39, 0.29) is 12.5 Å². The molecule has 134 valence electrons. The number of amides is 1. The third-order valence-corrected chi connectivity index (χ3v) is 3.63. The third-order valence-electron chi connectivity index (χ3n) is 3.39. The predicted octanol–water partition coefficient (Wildman–Crippen LogP) is 0.908. The number of thiocarbonyl (C=S) groups is 1. The van der Waals surface area contributed by atoms with Crippen molar-refractivity contribution in [3.05, 3.63) is 42.5 Å². The van der Waals surface area contributed by atoms with E-state index in [0.29, 0.717) is 43.7 Å². The molecule has 1 aromatic rings. The number of hydrogen-bond donors (Lipinski definition) is 2. The molecule has 1 aliphatic rings. The lowest BCUT2D eigenvalue weighted by Gasteiger charge is -2.26. The van der Waals surface area contributed by atoms with Gasteiger partial charge in [0.15, 0.2) is 11.7 Å². The van der Waals surface area contributed by atoms with Gasteiger partial charge in [-0.15, -0.1) is 6.58 Å². The highest BCUT2D eigenvalue weighted by molar-refractivity contribution is 7.80. The summed E-state index contributed by atoms with van der Waals surface area (Å²) in [6, 6.07) is 7.28. The first-order valence-corrected chi connectivity index (χ1v) is 8.36. The highest BCUT2D eigenvalue weighted by Gasteiger charge is 2.16. The van der Waals surface area contributed by atoms with Crippen molar-refractivity contribution in [1.82, 2.24) is 15.6 Å². The molecule has 0 unspecified atom stereocenters. The van der Waals surface area contributed by atoms with Crippen molar-refractivity contribution in [2.24, 2.45) is 5.10 Å². The van der Waals surface area contributed by atoms with Crippen molar-refractivity contribution in [3.8, 4) is 5.75 Å². The van der Waals surface area contributed by atoms with E-state index < -0.39 is 0 Å². The van der Waals surface area contributed by atoms with Gasteiger partial charge in [0.05, 0.1) is 19.4 Å². The van der Waals surface area contributed by atoms with E-state index in [4.69, 9.17) is 21.7 Å². The highest BCUT2D eigenvalue weighted by atomic mass is 32.1. The van der Waals surface area contributed by atoms with Crippen molar-refractivity contribution in [3.63, 3.8) is 0 Å². The van der Waals surface area contributed by atoms with Crippen LogP contribution in [-0.4, -0.2) is 61.6 Å². The van der Waals surface area contributed by atoms with E-state index in [1.165, 1.54) is 0 Å². The van der Waals surface area contributed by atoms with E-state index in [9.17, 15) is 4.79 Å². The average molecular weight is 362 g/mol. The summed E-state index contributed by atoms with van der Waals surface area (Å²) in [5.74, 6) is 0.605. The number of nitrogens with one attached hydrogen (secondary N) is 2. The van der Waals surface area contributed by atoms with Gasteiger partial charge in [-0.1, -0.05) is 6.08 Å². The molecule has 0 atom stereocenters. The molecule has 0 saturated carbocycles. The molecule has 25 heavy (non-hydrogen) atoms. The molecular formula is C17H22N4O3S. The maximum Gasteiger partial charge on any atom is 0.260 e. The predicted molar refractivity (Wildman–Crippen MR) is 101 cm³/mol. The van der Waals surface area contributed by atoms with Gasteiger partial charge in [0.25, 0.3) is 5.91 Å². The van der Waals surface area contributed by atoms with Crippen molar-refractivity contribution in [2.75, 3.05) is 39.5 Å². The van der Waals surface area contributed by atoms with Crippen LogP contribution in [-0.2, 0) is 9.53 Å². The van der Waals surface area contributed by atoms with Gasteiger partial charge >= 0.3 is 0 Å². The number of rotatable bonds is 7. The van der Waals surface area contributed by atoms with Crippen LogP contribution < -0.4 is 15.5 Å². The highest BCUT2D eigenvalue weighted by Crippen LogP contribution is 2.11. The Balaban J connectivity index is 1.74. The largest absolute Gasteiger partial charge is 0.484 e. The Hall–Kier alpha value is -2.45. The molecule has 0 spiro atoms. The lowest BCUT2D eigenvalue weighted by atomic mass is 10.2. The van der Waals surface area contributed by atoms with Crippen LogP contribution in [0.15, 0.2) is 42.0 Å². The van der Waals surface area contributed by atoms with Gasteiger partial charge in [-0.3, -0.25) is 10.2 Å². The second kappa shape index (κ2) is 10.4. The first-order chi connectivity index (χ1) is 12.2. The van der Waals surface area contributed by atoms with Crippen LogP contribution in [0.4, 0.5) is 0 Å². The lowest BCUT2D eigenvalue weighted by molar-refractivity contribution is -0.137. The van der Waals surface area contributed by atoms with Gasteiger partial charge in [0, 0.05) is 19.6 Å². The molecule has 7 nitrogen and oxygen atoms in total. The fourth-order valence-electron chi connectivity index (χ4n) is 2.07. The summed E-state index contributed by atoms with van der Waals surface area (Å²) in [5, 5.41) is 7.37. The summed E-state index contributed by atoms with van der Waals surface area (Å²) in [6.45, 7) is 6.60. The van der Waals surface area contributed by atoms with Crippen LogP contribution in [0, 0.1) is 0 Å². The van der Waals surface area contributed by atoms with Gasteiger partial charge in [-0.05, 0) is 42.0 Å². The average Bonchev–Trinajstić information content (AvgIpc) is 2.66. The maximum absolute atomic E-state index is 12.0. The molecule has 8 heteroatoms. The first kappa shape index (κ1) is 18.9. The van der Waals surface area contributed by atoms with Crippen LogP contribution in [0.2, 0.25) is 0 Å². The van der Waals surface area contributed by atoms with Crippen molar-refractivity contribution in [1.29, 1.82) is 0 Å². The molecule has 1 aliphatic heterocycles. The molecule has 0 aromatic heterocycles. The Morgan fingerprint density at radius 3 is 2.76 bits per heavy atom. The van der Waals surface area contributed by atoms with Gasteiger partial charge < -0.3 is 19.7 Å². The summed E-state index contributed by atoms with van der Waals surface area (Å²) in [6.07, 6.45) is 3.35. The molecule has 0 aliphatic carbocycles. The smallest absolute Gasteiger partial charge is 0.260 e. The van der Waals surface area contributed by atoms with E-state index in [2.05, 4.69) is 22.4 Å². The van der Waals surface area contributed by atoms with Crippen LogP contribution in [0.5, 0.6) is 5.75 Å². The van der Waals surface area contributed by atoms with Crippen molar-refractivity contribution >= 4 is 29.5 Å². The van der Waals surface area contributed by atoms with E-state index >= 15 is 0 Å². The Bertz CT molecular complexity index is 613. The fourth-order valence-corrected chi connectivity index (χ4v) is 2.21. The molecule has 0 radical (unpaired) electrons. The summed E-state index contributed by atoms with van der Waals surface area (Å²) in [4.78, 5) is 13.8. The maximum atomic E-state index is 12.0. The minimum Gasteiger partial charge on any atom is -0.484 e. The minimum atomic E-state index is -0.0290. The third kappa shape index (κ3) is 6.90. The monoisotopic (exact) mass is 362 g/mol. The second-order valence-electron chi connectivity index (χ2n) is 5.22. The van der Waals surface area contributed by atoms with Crippen LogP contribution in [0.1, 0.15) is 5.56 Å². The van der Waals surface area contributed by atoms with Gasteiger partial charge in [0.1, 0.15) is 5.75 Å². The topological polar surface area (TPSA) is 75.2 Å². The van der Waals surface area contributed by atoms with E-state index in [0.717, 1.165) is 5.56 Å². The number of nitrogens with zero attached hydrogens (tertiary/aromatic N) is 2. The molecule has 1 fully saturated rings.